The van der Waals surface area contributed by atoms with Gasteiger partial charge in [-0.05, 0) is 99.4 Å². The Morgan fingerprint density at radius 3 is 2.43 bits per heavy atom. The molecule has 0 spiro atoms. The van der Waals surface area contributed by atoms with Crippen molar-refractivity contribution in [3.63, 3.8) is 0 Å². The van der Waals surface area contributed by atoms with Crippen LogP contribution in [0.5, 0.6) is 0 Å². The molecule has 1 aliphatic heterocycles. The van der Waals surface area contributed by atoms with E-state index < -0.39 is 17.7 Å². The average molecular weight is 698 g/mol. The number of carbonyl (C=O) groups is 3. The summed E-state index contributed by atoms with van der Waals surface area (Å²) in [6.07, 6.45) is 4.54. The van der Waals surface area contributed by atoms with E-state index in [4.69, 9.17) is 9.47 Å². The maximum Gasteiger partial charge on any atom is 0.407 e. The zero-order chi connectivity index (χ0) is 36.0. The SMILES string of the molecule is CC(C)(C)OC(=O)NC[C@H]1CC[C@H](C(=O)N[C@@H](Cc2ccc(-c3ccnc(N4CCOCC4)c3)cc2)C(=O)Nc2ccc3c(=O)[nH][nH]c3c2)CC1. The van der Waals surface area contributed by atoms with Crippen molar-refractivity contribution in [1.29, 1.82) is 0 Å². The third-order valence-electron chi connectivity index (χ3n) is 9.43. The molecule has 6 rings (SSSR count). The number of nitrogens with zero attached hydrogens (tertiary/aromatic N) is 2. The van der Waals surface area contributed by atoms with E-state index in [1.54, 1.807) is 18.2 Å². The first kappa shape index (κ1) is 35.6. The first-order chi connectivity index (χ1) is 24.5. The molecule has 0 unspecified atom stereocenters. The van der Waals surface area contributed by atoms with E-state index in [0.717, 1.165) is 48.4 Å². The average Bonchev–Trinajstić information content (AvgIpc) is 3.50. The summed E-state index contributed by atoms with van der Waals surface area (Å²) in [6, 6.07) is 16.2. The van der Waals surface area contributed by atoms with E-state index in [0.29, 0.717) is 49.2 Å². The van der Waals surface area contributed by atoms with Crippen LogP contribution < -0.4 is 26.4 Å². The van der Waals surface area contributed by atoms with Crippen molar-refractivity contribution in [3.8, 4) is 11.1 Å². The van der Waals surface area contributed by atoms with Crippen molar-refractivity contribution >= 4 is 40.3 Å². The Hall–Kier alpha value is -5.17. The summed E-state index contributed by atoms with van der Waals surface area (Å²) in [5.41, 5.74) is 3.22. The van der Waals surface area contributed by atoms with E-state index in [1.807, 2.05) is 57.3 Å². The van der Waals surface area contributed by atoms with Gasteiger partial charge >= 0.3 is 6.09 Å². The molecule has 0 bridgehead atoms. The molecular weight excluding hydrogens is 650 g/mol. The fourth-order valence-electron chi connectivity index (χ4n) is 6.65. The summed E-state index contributed by atoms with van der Waals surface area (Å²) in [6.45, 7) is 8.93. The summed E-state index contributed by atoms with van der Waals surface area (Å²) in [5, 5.41) is 14.7. The molecule has 1 atom stereocenters. The normalized spacial score (nSPS) is 18.5. The second-order valence-electron chi connectivity index (χ2n) is 14.4. The Labute approximate surface area is 296 Å². The van der Waals surface area contributed by atoms with Gasteiger partial charge < -0.3 is 30.3 Å². The lowest BCUT2D eigenvalue weighted by atomic mass is 9.81. The molecule has 0 radical (unpaired) electrons. The number of hydrogen-bond donors (Lipinski definition) is 5. The minimum absolute atomic E-state index is 0.164. The number of morpholine rings is 1. The third kappa shape index (κ3) is 9.54. The van der Waals surface area contributed by atoms with Crippen molar-refractivity contribution in [2.45, 2.75) is 64.5 Å². The van der Waals surface area contributed by atoms with Crippen LogP contribution in [0.2, 0.25) is 0 Å². The molecule has 13 heteroatoms. The fourth-order valence-corrected chi connectivity index (χ4v) is 6.65. The lowest BCUT2D eigenvalue weighted by Crippen LogP contribution is -2.48. The second-order valence-corrected chi connectivity index (χ2v) is 14.4. The number of benzene rings is 2. The molecule has 2 aliphatic rings. The highest BCUT2D eigenvalue weighted by Gasteiger charge is 2.30. The smallest absolute Gasteiger partial charge is 0.407 e. The van der Waals surface area contributed by atoms with Gasteiger partial charge in [0, 0.05) is 43.9 Å². The van der Waals surface area contributed by atoms with Crippen molar-refractivity contribution in [2.24, 2.45) is 11.8 Å². The van der Waals surface area contributed by atoms with Crippen LogP contribution >= 0.6 is 0 Å². The standard InChI is InChI=1S/C38H47N7O6/c1-38(2,3)51-37(49)40-23-25-6-10-27(11-7-25)34(46)42-32(36(48)41-29-12-13-30-31(22-29)43-44-35(30)47)20-24-4-8-26(9-5-24)28-14-15-39-33(21-28)45-16-18-50-19-17-45/h4-5,8-9,12-15,21-22,25,27,32H,6-7,10-11,16-20,23H2,1-3H3,(H,40,49)(H,41,48)(H,42,46)(H2,43,44,47)/t25-,27-,32-/m0/s1. The van der Waals surface area contributed by atoms with Crippen molar-refractivity contribution in [3.05, 3.63) is 76.7 Å². The largest absolute Gasteiger partial charge is 0.444 e. The number of nitrogens with one attached hydrogen (secondary N) is 5. The van der Waals surface area contributed by atoms with Crippen LogP contribution in [0.4, 0.5) is 16.3 Å². The number of ether oxygens (including phenoxy) is 2. The molecule has 4 aromatic rings. The van der Waals surface area contributed by atoms with Gasteiger partial charge in [-0.15, -0.1) is 0 Å². The molecule has 3 amide bonds. The lowest BCUT2D eigenvalue weighted by molar-refractivity contribution is -0.130. The summed E-state index contributed by atoms with van der Waals surface area (Å²) in [7, 11) is 0. The van der Waals surface area contributed by atoms with E-state index in [1.165, 1.54) is 0 Å². The number of carbonyl (C=O) groups excluding carboxylic acids is 3. The van der Waals surface area contributed by atoms with E-state index in [-0.39, 0.29) is 35.6 Å². The summed E-state index contributed by atoms with van der Waals surface area (Å²) >= 11 is 0. The number of anilines is 2. The predicted molar refractivity (Wildman–Crippen MR) is 196 cm³/mol. The number of pyridine rings is 1. The number of fused-ring (bicyclic) bond motifs is 1. The quantitative estimate of drug-likeness (QED) is 0.158. The number of hydrogen-bond acceptors (Lipinski definition) is 8. The molecule has 51 heavy (non-hydrogen) atoms. The maximum atomic E-state index is 13.8. The third-order valence-corrected chi connectivity index (χ3v) is 9.43. The zero-order valence-electron chi connectivity index (χ0n) is 29.4. The van der Waals surface area contributed by atoms with Gasteiger partial charge in [0.05, 0.1) is 24.1 Å². The van der Waals surface area contributed by atoms with Crippen LogP contribution in [0.3, 0.4) is 0 Å². The van der Waals surface area contributed by atoms with Gasteiger partial charge in [0.15, 0.2) is 0 Å². The Morgan fingerprint density at radius 2 is 1.71 bits per heavy atom. The topological polar surface area (TPSA) is 171 Å². The number of amides is 3. The highest BCUT2D eigenvalue weighted by molar-refractivity contribution is 5.99. The monoisotopic (exact) mass is 697 g/mol. The zero-order valence-corrected chi connectivity index (χ0v) is 29.4. The molecule has 2 aromatic carbocycles. The summed E-state index contributed by atoms with van der Waals surface area (Å²) in [5.74, 6) is 0.398. The van der Waals surface area contributed by atoms with Gasteiger partial charge in [0.2, 0.25) is 11.8 Å². The van der Waals surface area contributed by atoms with Crippen LogP contribution in [-0.2, 0) is 25.5 Å². The van der Waals surface area contributed by atoms with Gasteiger partial charge in [-0.1, -0.05) is 24.3 Å². The minimum Gasteiger partial charge on any atom is -0.444 e. The van der Waals surface area contributed by atoms with Gasteiger partial charge in [0.1, 0.15) is 17.5 Å². The molecule has 2 aromatic heterocycles. The Balaban J connectivity index is 1.12. The molecule has 1 saturated heterocycles. The van der Waals surface area contributed by atoms with E-state index in [9.17, 15) is 19.2 Å². The lowest BCUT2D eigenvalue weighted by Gasteiger charge is -2.29. The second kappa shape index (κ2) is 15.8. The van der Waals surface area contributed by atoms with E-state index in [2.05, 4.69) is 42.1 Å². The Bertz CT molecular complexity index is 1880. The predicted octanol–water partition coefficient (Wildman–Crippen LogP) is 4.75. The molecule has 5 N–H and O–H groups in total. The van der Waals surface area contributed by atoms with Crippen molar-refractivity contribution < 1.29 is 23.9 Å². The first-order valence-electron chi connectivity index (χ1n) is 17.7. The molecular formula is C38H47N7O6. The molecule has 13 nitrogen and oxygen atoms in total. The van der Waals surface area contributed by atoms with Gasteiger partial charge in [-0.25, -0.2) is 9.78 Å². The molecule has 1 saturated carbocycles. The van der Waals surface area contributed by atoms with Crippen LogP contribution in [0.25, 0.3) is 22.0 Å². The van der Waals surface area contributed by atoms with Gasteiger partial charge in [-0.3, -0.25) is 24.6 Å². The first-order valence-corrected chi connectivity index (χ1v) is 17.7. The van der Waals surface area contributed by atoms with Crippen LogP contribution in [0.15, 0.2) is 65.6 Å². The number of H-pyrrole nitrogens is 2. The highest BCUT2D eigenvalue weighted by Crippen LogP contribution is 2.29. The minimum atomic E-state index is -0.843. The van der Waals surface area contributed by atoms with Crippen molar-refractivity contribution in [2.75, 3.05) is 43.1 Å². The molecule has 2 fully saturated rings. The number of alkyl carbamates (subject to hydrolysis) is 1. The van der Waals surface area contributed by atoms with Gasteiger partial charge in [-0.2, -0.15) is 0 Å². The van der Waals surface area contributed by atoms with Crippen LogP contribution in [0, 0.1) is 11.8 Å². The number of aromatic amines is 2. The molecule has 270 valence electrons. The highest BCUT2D eigenvalue weighted by atomic mass is 16.6. The number of rotatable bonds is 10. The summed E-state index contributed by atoms with van der Waals surface area (Å²) < 4.78 is 10.8. The molecule has 1 aliphatic carbocycles. The number of aromatic nitrogens is 3. The Morgan fingerprint density at radius 1 is 0.961 bits per heavy atom. The summed E-state index contributed by atoms with van der Waals surface area (Å²) in [4.78, 5) is 58.3. The fraction of sp³-hybridized carbons (Fsp3) is 0.447. The van der Waals surface area contributed by atoms with Crippen LogP contribution in [-0.4, -0.2) is 77.6 Å². The van der Waals surface area contributed by atoms with E-state index >= 15 is 0 Å². The molecule has 3 heterocycles. The Kier molecular flexibility index (Phi) is 11.0. The van der Waals surface area contributed by atoms with Crippen LogP contribution in [0.1, 0.15) is 52.0 Å². The van der Waals surface area contributed by atoms with Gasteiger partial charge in [0.25, 0.3) is 5.56 Å². The van der Waals surface area contributed by atoms with Crippen molar-refractivity contribution in [1.82, 2.24) is 25.8 Å². The maximum absolute atomic E-state index is 13.8.